The van der Waals surface area contributed by atoms with Crippen LogP contribution in [0.1, 0.15) is 18.4 Å². The summed E-state index contributed by atoms with van der Waals surface area (Å²) in [7, 11) is 0. The molecule has 1 unspecified atom stereocenters. The van der Waals surface area contributed by atoms with Crippen LogP contribution < -0.4 is 5.32 Å². The predicted octanol–water partition coefficient (Wildman–Crippen LogP) is 3.21. The number of piperazine rings is 1. The molecule has 1 fully saturated rings. The lowest BCUT2D eigenvalue weighted by atomic mass is 10.2. The Kier molecular flexibility index (Phi) is 6.96. The number of nitrogens with one attached hydrogen (secondary N) is 1. The van der Waals surface area contributed by atoms with Crippen molar-refractivity contribution in [2.24, 2.45) is 0 Å². The van der Waals surface area contributed by atoms with Gasteiger partial charge < -0.3 is 9.84 Å². The van der Waals surface area contributed by atoms with Crippen LogP contribution in [0.2, 0.25) is 5.02 Å². The molecule has 0 bridgehead atoms. The van der Waals surface area contributed by atoms with Crippen molar-refractivity contribution < 1.29 is 9.32 Å². The zero-order chi connectivity index (χ0) is 21.6. The molecule has 1 N–H and O–H groups in total. The van der Waals surface area contributed by atoms with E-state index in [0.717, 1.165) is 37.3 Å². The van der Waals surface area contributed by atoms with Crippen LogP contribution in [0.25, 0.3) is 11.4 Å². The molecule has 162 valence electrons. The third-order valence-electron chi connectivity index (χ3n) is 5.57. The summed E-state index contributed by atoms with van der Waals surface area (Å²) in [6.07, 6.45) is 0. The second-order valence-corrected chi connectivity index (χ2v) is 8.15. The van der Waals surface area contributed by atoms with Crippen LogP contribution in [0, 0.1) is 0 Å². The number of benzene rings is 2. The van der Waals surface area contributed by atoms with Crippen molar-refractivity contribution in [1.29, 1.82) is 0 Å². The normalized spacial score (nSPS) is 16.2. The number of halogens is 1. The van der Waals surface area contributed by atoms with Crippen LogP contribution in [0.4, 0.5) is 0 Å². The third kappa shape index (κ3) is 5.70. The van der Waals surface area contributed by atoms with Crippen LogP contribution in [-0.4, -0.2) is 58.1 Å². The summed E-state index contributed by atoms with van der Waals surface area (Å²) < 4.78 is 5.43. The van der Waals surface area contributed by atoms with Gasteiger partial charge in [-0.15, -0.1) is 0 Å². The minimum atomic E-state index is -0.161. The van der Waals surface area contributed by atoms with Crippen LogP contribution in [-0.2, 0) is 17.9 Å². The Hall–Kier alpha value is -2.74. The molecule has 2 aromatic carbocycles. The fourth-order valence-electron chi connectivity index (χ4n) is 3.63. The van der Waals surface area contributed by atoms with Crippen molar-refractivity contribution in [1.82, 2.24) is 25.3 Å². The number of aromatic nitrogens is 2. The molecule has 1 amide bonds. The maximum atomic E-state index is 12.5. The lowest BCUT2D eigenvalue weighted by Crippen LogP contribution is -2.53. The van der Waals surface area contributed by atoms with E-state index in [0.29, 0.717) is 29.8 Å². The molecule has 31 heavy (non-hydrogen) atoms. The zero-order valence-electron chi connectivity index (χ0n) is 17.5. The lowest BCUT2D eigenvalue weighted by Gasteiger charge is -2.36. The Balaban J connectivity index is 1.24. The summed E-state index contributed by atoms with van der Waals surface area (Å²) in [6.45, 7) is 6.44. The van der Waals surface area contributed by atoms with Gasteiger partial charge in [0.05, 0.1) is 12.6 Å². The molecule has 1 aromatic heterocycles. The van der Waals surface area contributed by atoms with E-state index in [9.17, 15) is 4.79 Å². The Morgan fingerprint density at radius 1 is 1.10 bits per heavy atom. The SMILES string of the molecule is CC(C(=O)NCc1ccccc1)N1CCN(Cc2nc(-c3ccc(Cl)cc3)no2)CC1. The number of rotatable bonds is 7. The molecule has 1 aliphatic rings. The van der Waals surface area contributed by atoms with Gasteiger partial charge >= 0.3 is 0 Å². The Labute approximate surface area is 187 Å². The first-order valence-corrected chi connectivity index (χ1v) is 10.8. The minimum absolute atomic E-state index is 0.0572. The molecule has 8 heteroatoms. The second-order valence-electron chi connectivity index (χ2n) is 7.71. The summed E-state index contributed by atoms with van der Waals surface area (Å²) in [4.78, 5) is 21.5. The average Bonchev–Trinajstić information content (AvgIpc) is 3.27. The monoisotopic (exact) mass is 439 g/mol. The molecule has 2 heterocycles. The van der Waals surface area contributed by atoms with Crippen molar-refractivity contribution in [3.05, 3.63) is 71.1 Å². The first kappa shape index (κ1) is 21.5. The van der Waals surface area contributed by atoms with Gasteiger partial charge in [0.2, 0.25) is 17.6 Å². The Bertz CT molecular complexity index is 985. The summed E-state index contributed by atoms with van der Waals surface area (Å²) >= 11 is 5.93. The van der Waals surface area contributed by atoms with Gasteiger partial charge in [-0.3, -0.25) is 14.6 Å². The van der Waals surface area contributed by atoms with Crippen LogP contribution in [0.5, 0.6) is 0 Å². The molecule has 0 radical (unpaired) electrons. The van der Waals surface area contributed by atoms with Crippen molar-refractivity contribution in [3.8, 4) is 11.4 Å². The van der Waals surface area contributed by atoms with Crippen molar-refractivity contribution in [2.75, 3.05) is 26.2 Å². The lowest BCUT2D eigenvalue weighted by molar-refractivity contribution is -0.126. The molecule has 0 spiro atoms. The highest BCUT2D eigenvalue weighted by Gasteiger charge is 2.26. The van der Waals surface area contributed by atoms with E-state index < -0.39 is 0 Å². The Morgan fingerprint density at radius 2 is 1.81 bits per heavy atom. The van der Waals surface area contributed by atoms with Gasteiger partial charge in [-0.1, -0.05) is 47.1 Å². The van der Waals surface area contributed by atoms with Gasteiger partial charge in [0.15, 0.2) is 0 Å². The topological polar surface area (TPSA) is 74.5 Å². The van der Waals surface area contributed by atoms with Crippen LogP contribution in [0.3, 0.4) is 0 Å². The predicted molar refractivity (Wildman–Crippen MR) is 119 cm³/mol. The number of hydrogen-bond acceptors (Lipinski definition) is 6. The Morgan fingerprint density at radius 3 is 2.52 bits per heavy atom. The van der Waals surface area contributed by atoms with Gasteiger partial charge in [0.1, 0.15) is 0 Å². The quantitative estimate of drug-likeness (QED) is 0.609. The van der Waals surface area contributed by atoms with E-state index in [1.807, 2.05) is 61.5 Å². The zero-order valence-corrected chi connectivity index (χ0v) is 18.3. The van der Waals surface area contributed by atoms with Gasteiger partial charge in [-0.05, 0) is 36.8 Å². The molecule has 1 atom stereocenters. The first-order valence-electron chi connectivity index (χ1n) is 10.4. The smallest absolute Gasteiger partial charge is 0.241 e. The largest absolute Gasteiger partial charge is 0.351 e. The van der Waals surface area contributed by atoms with Crippen LogP contribution >= 0.6 is 11.6 Å². The summed E-state index contributed by atoms with van der Waals surface area (Å²) in [5.41, 5.74) is 1.98. The van der Waals surface area contributed by atoms with E-state index in [1.165, 1.54) is 0 Å². The van der Waals surface area contributed by atoms with Gasteiger partial charge in [-0.25, -0.2) is 0 Å². The highest BCUT2D eigenvalue weighted by molar-refractivity contribution is 6.30. The number of nitrogens with zero attached hydrogens (tertiary/aromatic N) is 4. The molecule has 1 aliphatic heterocycles. The molecular formula is C23H26ClN5O2. The maximum absolute atomic E-state index is 12.5. The summed E-state index contributed by atoms with van der Waals surface area (Å²) in [6, 6.07) is 17.2. The van der Waals surface area contributed by atoms with E-state index >= 15 is 0 Å². The maximum Gasteiger partial charge on any atom is 0.241 e. The number of carbonyl (C=O) groups excluding carboxylic acids is 1. The van der Waals surface area contributed by atoms with Crippen molar-refractivity contribution in [3.63, 3.8) is 0 Å². The van der Waals surface area contributed by atoms with E-state index in [1.54, 1.807) is 0 Å². The molecule has 4 rings (SSSR count). The molecule has 1 saturated heterocycles. The average molecular weight is 440 g/mol. The fourth-order valence-corrected chi connectivity index (χ4v) is 3.76. The second kappa shape index (κ2) is 10.0. The molecule has 0 saturated carbocycles. The molecule has 0 aliphatic carbocycles. The first-order chi connectivity index (χ1) is 15.1. The van der Waals surface area contributed by atoms with Gasteiger partial charge in [-0.2, -0.15) is 4.98 Å². The summed E-state index contributed by atoms with van der Waals surface area (Å²) in [5.74, 6) is 1.21. The standard InChI is InChI=1S/C23H26ClN5O2/c1-17(23(30)25-15-18-5-3-2-4-6-18)29-13-11-28(12-14-29)16-21-26-22(27-31-21)19-7-9-20(24)10-8-19/h2-10,17H,11-16H2,1H3,(H,25,30). The van der Waals surface area contributed by atoms with Gasteiger partial charge in [0, 0.05) is 43.3 Å². The molecule has 3 aromatic rings. The number of carbonyl (C=O) groups is 1. The molecule has 7 nitrogen and oxygen atoms in total. The third-order valence-corrected chi connectivity index (χ3v) is 5.82. The summed E-state index contributed by atoms with van der Waals surface area (Å²) in [5, 5.41) is 7.78. The van der Waals surface area contributed by atoms with E-state index in [2.05, 4.69) is 25.3 Å². The van der Waals surface area contributed by atoms with Crippen molar-refractivity contribution in [2.45, 2.75) is 26.1 Å². The highest BCUT2D eigenvalue weighted by atomic mass is 35.5. The van der Waals surface area contributed by atoms with Crippen molar-refractivity contribution >= 4 is 17.5 Å². The minimum Gasteiger partial charge on any atom is -0.351 e. The highest BCUT2D eigenvalue weighted by Crippen LogP contribution is 2.19. The molecular weight excluding hydrogens is 414 g/mol. The number of hydrogen-bond donors (Lipinski definition) is 1. The van der Waals surface area contributed by atoms with Crippen LogP contribution in [0.15, 0.2) is 59.1 Å². The van der Waals surface area contributed by atoms with E-state index in [-0.39, 0.29) is 11.9 Å². The fraction of sp³-hybridized carbons (Fsp3) is 0.348. The van der Waals surface area contributed by atoms with Gasteiger partial charge in [0.25, 0.3) is 0 Å². The van der Waals surface area contributed by atoms with E-state index in [4.69, 9.17) is 16.1 Å². The number of amides is 1.